The van der Waals surface area contributed by atoms with Crippen molar-refractivity contribution < 1.29 is 8.92 Å². The quantitative estimate of drug-likeness (QED) is 0.451. The van der Waals surface area contributed by atoms with E-state index in [1.165, 1.54) is 50.7 Å². The Labute approximate surface area is 160 Å². The lowest BCUT2D eigenvalue weighted by Crippen LogP contribution is -2.05. The first kappa shape index (κ1) is 18.4. The summed E-state index contributed by atoms with van der Waals surface area (Å²) in [4.78, 5) is 0. The predicted molar refractivity (Wildman–Crippen MR) is 114 cm³/mol. The van der Waals surface area contributed by atoms with E-state index < -0.39 is 0 Å². The van der Waals surface area contributed by atoms with Crippen molar-refractivity contribution in [2.75, 3.05) is 12.9 Å². The summed E-state index contributed by atoms with van der Waals surface area (Å²) in [5.41, 5.74) is 6.20. The molecule has 26 heavy (non-hydrogen) atoms. The lowest BCUT2D eigenvalue weighted by Gasteiger charge is -2.20. The highest BCUT2D eigenvalue weighted by atomic mass is 32.2. The molecule has 3 heteroatoms. The summed E-state index contributed by atoms with van der Waals surface area (Å²) in [6.07, 6.45) is 12.8. The molecule has 0 fully saturated rings. The monoisotopic (exact) mass is 364 g/mol. The fraction of sp³-hybridized carbons (Fsp3) is 0.217. The molecular weight excluding hydrogens is 340 g/mol. The first-order valence-electron chi connectivity index (χ1n) is 8.94. The molecule has 0 aromatic heterocycles. The van der Waals surface area contributed by atoms with Crippen molar-refractivity contribution >= 4 is 34.5 Å². The zero-order valence-electron chi connectivity index (χ0n) is 15.5. The Bertz CT molecular complexity index is 919. The number of ether oxygens (including phenoxy) is 1. The number of benzene rings is 2. The molecule has 1 aliphatic carbocycles. The van der Waals surface area contributed by atoms with Crippen LogP contribution in [0.15, 0.2) is 60.9 Å². The van der Waals surface area contributed by atoms with Gasteiger partial charge in [-0.05, 0) is 46.2 Å². The second-order valence-electron chi connectivity index (χ2n) is 5.74. The lowest BCUT2D eigenvalue weighted by molar-refractivity contribution is 0.362. The maximum Gasteiger partial charge on any atom is 0.135 e. The number of rotatable bonds is 4. The third-order valence-electron chi connectivity index (χ3n) is 4.53. The summed E-state index contributed by atoms with van der Waals surface area (Å²) in [6.45, 7) is 8.68. The molecule has 2 aliphatic rings. The van der Waals surface area contributed by atoms with Crippen molar-refractivity contribution in [3.05, 3.63) is 77.6 Å². The van der Waals surface area contributed by atoms with Gasteiger partial charge in [0, 0.05) is 17.2 Å². The first-order valence-corrected chi connectivity index (χ1v) is 10.1. The SMILES string of the molecule is C=CC1=C(/C=C/OSC)Cc2c3c(c4ccccc4c21)OCC=C3.CC. The van der Waals surface area contributed by atoms with Gasteiger partial charge in [0.25, 0.3) is 0 Å². The Kier molecular flexibility index (Phi) is 5.89. The number of hydrogen-bond donors (Lipinski definition) is 0. The minimum atomic E-state index is 0.631. The normalized spacial score (nSPS) is 14.6. The van der Waals surface area contributed by atoms with E-state index in [4.69, 9.17) is 8.92 Å². The maximum atomic E-state index is 5.99. The Morgan fingerprint density at radius 1 is 1.19 bits per heavy atom. The minimum Gasteiger partial charge on any atom is -0.488 e. The molecule has 2 aromatic carbocycles. The summed E-state index contributed by atoms with van der Waals surface area (Å²) < 4.78 is 11.3. The fourth-order valence-electron chi connectivity index (χ4n) is 3.59. The zero-order chi connectivity index (χ0) is 18.5. The van der Waals surface area contributed by atoms with E-state index in [9.17, 15) is 0 Å². The highest BCUT2D eigenvalue weighted by Gasteiger charge is 2.27. The number of allylic oxidation sites excluding steroid dienone is 4. The van der Waals surface area contributed by atoms with Crippen LogP contribution in [0.2, 0.25) is 0 Å². The van der Waals surface area contributed by atoms with Crippen molar-refractivity contribution in [3.63, 3.8) is 0 Å². The van der Waals surface area contributed by atoms with E-state index in [-0.39, 0.29) is 0 Å². The van der Waals surface area contributed by atoms with Gasteiger partial charge < -0.3 is 8.92 Å². The summed E-state index contributed by atoms with van der Waals surface area (Å²) in [5.74, 6) is 1.00. The Hall–Kier alpha value is -2.39. The van der Waals surface area contributed by atoms with E-state index in [1.807, 2.05) is 32.3 Å². The molecule has 1 aliphatic heterocycles. The van der Waals surface area contributed by atoms with Crippen LogP contribution in [0.1, 0.15) is 30.5 Å². The highest BCUT2D eigenvalue weighted by molar-refractivity contribution is 7.94. The summed E-state index contributed by atoms with van der Waals surface area (Å²) >= 11 is 1.34. The van der Waals surface area contributed by atoms with Crippen LogP contribution in [0.25, 0.3) is 22.4 Å². The molecule has 0 radical (unpaired) electrons. The average molecular weight is 365 g/mol. The van der Waals surface area contributed by atoms with Gasteiger partial charge in [-0.2, -0.15) is 0 Å². The summed E-state index contributed by atoms with van der Waals surface area (Å²) in [7, 11) is 0. The number of fused-ring (bicyclic) bond motifs is 6. The molecule has 0 N–H and O–H groups in total. The van der Waals surface area contributed by atoms with Crippen LogP contribution in [0.5, 0.6) is 5.75 Å². The molecule has 2 aromatic rings. The van der Waals surface area contributed by atoms with Crippen LogP contribution in [-0.4, -0.2) is 12.9 Å². The maximum absolute atomic E-state index is 5.99. The van der Waals surface area contributed by atoms with Gasteiger partial charge in [0.1, 0.15) is 18.6 Å². The lowest BCUT2D eigenvalue weighted by atomic mass is 9.91. The highest BCUT2D eigenvalue weighted by Crippen LogP contribution is 2.47. The third kappa shape index (κ3) is 3.08. The van der Waals surface area contributed by atoms with E-state index in [0.717, 1.165) is 12.2 Å². The number of hydrogen-bond acceptors (Lipinski definition) is 3. The Morgan fingerprint density at radius 2 is 1.96 bits per heavy atom. The Morgan fingerprint density at radius 3 is 2.69 bits per heavy atom. The van der Waals surface area contributed by atoms with Gasteiger partial charge in [0.2, 0.25) is 0 Å². The van der Waals surface area contributed by atoms with Gasteiger partial charge in [-0.3, -0.25) is 0 Å². The summed E-state index contributed by atoms with van der Waals surface area (Å²) in [6, 6.07) is 8.46. The molecule has 0 saturated heterocycles. The second-order valence-corrected chi connectivity index (χ2v) is 6.27. The molecule has 0 amide bonds. The van der Waals surface area contributed by atoms with Crippen molar-refractivity contribution in [1.29, 1.82) is 0 Å². The fourth-order valence-corrected chi connectivity index (χ4v) is 3.76. The largest absolute Gasteiger partial charge is 0.488 e. The van der Waals surface area contributed by atoms with E-state index in [1.54, 1.807) is 6.26 Å². The third-order valence-corrected chi connectivity index (χ3v) is 4.83. The van der Waals surface area contributed by atoms with Gasteiger partial charge in [-0.15, -0.1) is 0 Å². The van der Waals surface area contributed by atoms with Crippen molar-refractivity contribution in [2.24, 2.45) is 0 Å². The van der Waals surface area contributed by atoms with E-state index in [0.29, 0.717) is 6.61 Å². The van der Waals surface area contributed by atoms with Crippen molar-refractivity contribution in [2.45, 2.75) is 20.3 Å². The van der Waals surface area contributed by atoms with E-state index >= 15 is 0 Å². The van der Waals surface area contributed by atoms with Crippen LogP contribution in [-0.2, 0) is 10.6 Å². The molecule has 0 atom stereocenters. The molecule has 134 valence electrons. The zero-order valence-corrected chi connectivity index (χ0v) is 16.4. The Balaban J connectivity index is 0.000000948. The smallest absolute Gasteiger partial charge is 0.135 e. The minimum absolute atomic E-state index is 0.631. The second kappa shape index (κ2) is 8.33. The van der Waals surface area contributed by atoms with Gasteiger partial charge in [0.05, 0.1) is 12.0 Å². The van der Waals surface area contributed by atoms with Crippen LogP contribution < -0.4 is 4.74 Å². The summed E-state index contributed by atoms with van der Waals surface area (Å²) in [5, 5.41) is 2.39. The van der Waals surface area contributed by atoms with E-state index in [2.05, 4.69) is 43.0 Å². The van der Waals surface area contributed by atoms with Crippen LogP contribution in [0.4, 0.5) is 0 Å². The van der Waals surface area contributed by atoms with Gasteiger partial charge in [-0.1, -0.05) is 56.8 Å². The average Bonchev–Trinajstić information content (AvgIpc) is 3.09. The molecule has 0 saturated carbocycles. The molecule has 1 heterocycles. The van der Waals surface area contributed by atoms with Crippen LogP contribution in [0.3, 0.4) is 0 Å². The van der Waals surface area contributed by atoms with Crippen LogP contribution in [0, 0.1) is 0 Å². The van der Waals surface area contributed by atoms with Gasteiger partial charge >= 0.3 is 0 Å². The van der Waals surface area contributed by atoms with Gasteiger partial charge in [-0.25, -0.2) is 0 Å². The topological polar surface area (TPSA) is 18.5 Å². The molecule has 0 bridgehead atoms. The molecule has 0 unspecified atom stereocenters. The van der Waals surface area contributed by atoms with Crippen molar-refractivity contribution in [3.8, 4) is 5.75 Å². The van der Waals surface area contributed by atoms with Gasteiger partial charge in [0.15, 0.2) is 0 Å². The molecular formula is C23H24O2S. The molecule has 4 rings (SSSR count). The molecule has 0 spiro atoms. The van der Waals surface area contributed by atoms with Crippen LogP contribution >= 0.6 is 12.0 Å². The first-order chi connectivity index (χ1) is 12.8. The standard InChI is InChI=1S/C21H18O2S.C2H6/c1-3-15-14(10-12-23-24-2)13-19-18-9-6-11-22-21(18)17-8-5-4-7-16(17)20(15)19;1-2/h3-10,12H,1,11,13H2,2H3;1-2H3/b12-10+;. The molecule has 2 nitrogen and oxygen atoms in total. The predicted octanol–water partition coefficient (Wildman–Crippen LogP) is 6.58. The van der Waals surface area contributed by atoms with Crippen molar-refractivity contribution in [1.82, 2.24) is 0 Å².